The van der Waals surface area contributed by atoms with Gasteiger partial charge in [0.15, 0.2) is 0 Å². The highest BCUT2D eigenvalue weighted by molar-refractivity contribution is 6.01. The SMILES string of the molecule is CN1CCN(Cc2ccc(-c3cn(C4(O)CCCCC4)c4ncnc(NCCC5CC5)c34)cc2)CC1. The zero-order valence-electron chi connectivity index (χ0n) is 21.6. The Bertz CT molecular complexity index is 1170. The number of hydrogen-bond acceptors (Lipinski definition) is 6. The summed E-state index contributed by atoms with van der Waals surface area (Å²) < 4.78 is 2.04. The number of benzene rings is 1. The molecule has 1 aliphatic heterocycles. The fraction of sp³-hybridized carbons (Fsp3) is 0.586. The lowest BCUT2D eigenvalue weighted by Crippen LogP contribution is -2.43. The van der Waals surface area contributed by atoms with Crippen molar-refractivity contribution < 1.29 is 5.11 Å². The van der Waals surface area contributed by atoms with Crippen LogP contribution in [0.15, 0.2) is 36.8 Å². The number of piperazine rings is 1. The lowest BCUT2D eigenvalue weighted by molar-refractivity contribution is -0.0660. The first-order valence-electron chi connectivity index (χ1n) is 13.9. The number of anilines is 1. The molecule has 0 radical (unpaired) electrons. The summed E-state index contributed by atoms with van der Waals surface area (Å²) in [6.45, 7) is 6.44. The number of likely N-dealkylation sites (N-methyl/N-ethyl adjacent to an activating group) is 1. The van der Waals surface area contributed by atoms with Crippen molar-refractivity contribution in [3.8, 4) is 11.1 Å². The van der Waals surface area contributed by atoms with Gasteiger partial charge in [-0.25, -0.2) is 9.97 Å². The summed E-state index contributed by atoms with van der Waals surface area (Å²) in [6.07, 6.45) is 12.5. The Hall–Kier alpha value is -2.48. The normalized spacial score (nSPS) is 21.2. The maximum atomic E-state index is 11.7. The second-order valence-electron chi connectivity index (χ2n) is 11.3. The van der Waals surface area contributed by atoms with Crippen molar-refractivity contribution >= 4 is 16.9 Å². The Morgan fingerprint density at radius 2 is 1.75 bits per heavy atom. The van der Waals surface area contributed by atoms with Crippen LogP contribution in [0, 0.1) is 5.92 Å². The van der Waals surface area contributed by atoms with Crippen molar-refractivity contribution in [1.82, 2.24) is 24.3 Å². The number of aliphatic hydroxyl groups is 1. The van der Waals surface area contributed by atoms with Crippen molar-refractivity contribution in [3.05, 3.63) is 42.4 Å². The fourth-order valence-corrected chi connectivity index (χ4v) is 5.95. The van der Waals surface area contributed by atoms with Gasteiger partial charge in [-0.1, -0.05) is 43.5 Å². The lowest BCUT2D eigenvalue weighted by atomic mass is 9.91. The topological polar surface area (TPSA) is 69.5 Å². The first kappa shape index (κ1) is 23.9. The van der Waals surface area contributed by atoms with Crippen LogP contribution in [0.4, 0.5) is 5.82 Å². The van der Waals surface area contributed by atoms with Gasteiger partial charge in [0.25, 0.3) is 0 Å². The van der Waals surface area contributed by atoms with Crippen LogP contribution in [0.1, 0.15) is 56.9 Å². The molecule has 7 nitrogen and oxygen atoms in total. The number of hydrogen-bond donors (Lipinski definition) is 2. The first-order valence-corrected chi connectivity index (χ1v) is 13.9. The molecule has 3 aliphatic rings. The van der Waals surface area contributed by atoms with Crippen molar-refractivity contribution in [2.45, 2.75) is 63.6 Å². The van der Waals surface area contributed by atoms with E-state index >= 15 is 0 Å². The van der Waals surface area contributed by atoms with E-state index in [4.69, 9.17) is 4.98 Å². The molecule has 2 aromatic heterocycles. The minimum Gasteiger partial charge on any atom is -0.370 e. The summed E-state index contributed by atoms with van der Waals surface area (Å²) >= 11 is 0. The van der Waals surface area contributed by atoms with Gasteiger partial charge in [-0.2, -0.15) is 0 Å². The Morgan fingerprint density at radius 1 is 1.00 bits per heavy atom. The number of fused-ring (bicyclic) bond motifs is 1. The fourth-order valence-electron chi connectivity index (χ4n) is 5.95. The summed E-state index contributed by atoms with van der Waals surface area (Å²) in [4.78, 5) is 14.3. The van der Waals surface area contributed by atoms with Crippen LogP contribution < -0.4 is 5.32 Å². The molecular weight excluding hydrogens is 448 g/mol. The monoisotopic (exact) mass is 488 g/mol. The minimum absolute atomic E-state index is 0.772. The van der Waals surface area contributed by atoms with E-state index in [1.807, 2.05) is 4.57 Å². The van der Waals surface area contributed by atoms with E-state index in [1.165, 1.54) is 31.2 Å². The van der Waals surface area contributed by atoms with Crippen molar-refractivity contribution in [2.75, 3.05) is 45.1 Å². The molecule has 0 atom stereocenters. The van der Waals surface area contributed by atoms with Gasteiger partial charge in [-0.15, -0.1) is 0 Å². The molecular formula is C29H40N6O. The van der Waals surface area contributed by atoms with Gasteiger partial charge >= 0.3 is 0 Å². The zero-order chi connectivity index (χ0) is 24.5. The van der Waals surface area contributed by atoms with Gasteiger partial charge in [0.1, 0.15) is 23.5 Å². The zero-order valence-corrected chi connectivity index (χ0v) is 21.6. The third-order valence-corrected chi connectivity index (χ3v) is 8.49. The molecule has 0 amide bonds. The second kappa shape index (κ2) is 10.1. The molecule has 0 spiro atoms. The van der Waals surface area contributed by atoms with Gasteiger partial charge in [-0.05, 0) is 56.2 Å². The predicted molar refractivity (Wildman–Crippen MR) is 145 cm³/mol. The number of aromatic nitrogens is 3. The molecule has 1 saturated heterocycles. The van der Waals surface area contributed by atoms with E-state index in [9.17, 15) is 5.11 Å². The average molecular weight is 489 g/mol. The summed E-state index contributed by atoms with van der Waals surface area (Å²) in [6, 6.07) is 8.99. The summed E-state index contributed by atoms with van der Waals surface area (Å²) in [5, 5.41) is 16.3. The van der Waals surface area contributed by atoms with Crippen molar-refractivity contribution in [3.63, 3.8) is 0 Å². The van der Waals surface area contributed by atoms with Crippen molar-refractivity contribution in [2.24, 2.45) is 5.92 Å². The maximum absolute atomic E-state index is 11.7. The van der Waals surface area contributed by atoms with Gasteiger partial charge in [0, 0.05) is 51.0 Å². The minimum atomic E-state index is -0.879. The van der Waals surface area contributed by atoms with Gasteiger partial charge in [-0.3, -0.25) is 4.90 Å². The number of nitrogens with zero attached hydrogens (tertiary/aromatic N) is 5. The molecule has 3 fully saturated rings. The van der Waals surface area contributed by atoms with E-state index in [0.717, 1.165) is 98.8 Å². The Labute approximate surface area is 214 Å². The largest absolute Gasteiger partial charge is 0.370 e. The molecule has 0 unspecified atom stereocenters. The van der Waals surface area contributed by atoms with Crippen LogP contribution in [-0.4, -0.2) is 69.2 Å². The quantitative estimate of drug-likeness (QED) is 0.480. The molecule has 2 N–H and O–H groups in total. The van der Waals surface area contributed by atoms with Gasteiger partial charge in [0.05, 0.1) is 5.39 Å². The highest BCUT2D eigenvalue weighted by Crippen LogP contribution is 2.41. The van der Waals surface area contributed by atoms with Crippen LogP contribution in [0.25, 0.3) is 22.2 Å². The van der Waals surface area contributed by atoms with E-state index in [2.05, 4.69) is 57.6 Å². The first-order chi connectivity index (χ1) is 17.6. The van der Waals surface area contributed by atoms with Crippen LogP contribution in [-0.2, 0) is 12.3 Å². The van der Waals surface area contributed by atoms with E-state index in [0.29, 0.717) is 0 Å². The molecule has 36 heavy (non-hydrogen) atoms. The third-order valence-electron chi connectivity index (χ3n) is 8.49. The molecule has 2 saturated carbocycles. The molecule has 7 heteroatoms. The van der Waals surface area contributed by atoms with E-state index < -0.39 is 5.72 Å². The molecule has 0 bridgehead atoms. The van der Waals surface area contributed by atoms with Gasteiger partial charge < -0.3 is 19.9 Å². The maximum Gasteiger partial charge on any atom is 0.148 e. The third kappa shape index (κ3) is 5.01. The van der Waals surface area contributed by atoms with Crippen LogP contribution >= 0.6 is 0 Å². The van der Waals surface area contributed by atoms with Crippen molar-refractivity contribution in [1.29, 1.82) is 0 Å². The van der Waals surface area contributed by atoms with Crippen LogP contribution in [0.2, 0.25) is 0 Å². The highest BCUT2D eigenvalue weighted by atomic mass is 16.3. The molecule has 3 heterocycles. The average Bonchev–Trinajstić information content (AvgIpc) is 3.63. The Balaban J connectivity index is 1.33. The van der Waals surface area contributed by atoms with E-state index in [1.54, 1.807) is 6.33 Å². The summed E-state index contributed by atoms with van der Waals surface area (Å²) in [5.74, 6) is 1.75. The number of nitrogens with one attached hydrogen (secondary N) is 1. The van der Waals surface area contributed by atoms with Crippen LogP contribution in [0.3, 0.4) is 0 Å². The molecule has 1 aromatic carbocycles. The summed E-state index contributed by atoms with van der Waals surface area (Å²) in [5.41, 5.74) is 3.55. The van der Waals surface area contributed by atoms with Gasteiger partial charge in [0.2, 0.25) is 0 Å². The molecule has 6 rings (SSSR count). The summed E-state index contributed by atoms with van der Waals surface area (Å²) in [7, 11) is 2.20. The molecule has 2 aliphatic carbocycles. The smallest absolute Gasteiger partial charge is 0.148 e. The Kier molecular flexibility index (Phi) is 6.71. The second-order valence-corrected chi connectivity index (χ2v) is 11.3. The highest BCUT2D eigenvalue weighted by Gasteiger charge is 2.34. The lowest BCUT2D eigenvalue weighted by Gasteiger charge is -2.33. The molecule has 3 aromatic rings. The van der Waals surface area contributed by atoms with Crippen LogP contribution in [0.5, 0.6) is 0 Å². The Morgan fingerprint density at radius 3 is 2.47 bits per heavy atom. The predicted octanol–water partition coefficient (Wildman–Crippen LogP) is 4.67. The number of rotatable bonds is 8. The standard InChI is InChI=1S/C29H40N6O/c1-33-15-17-34(18-16-33)19-23-7-9-24(10-8-23)25-20-35(29(36)12-3-2-4-13-29)28-26(25)27(31-21-32-28)30-14-11-22-5-6-22/h7-10,20-22,36H,2-6,11-19H2,1H3,(H,30,31,32). The molecule has 192 valence electrons. The van der Waals surface area contributed by atoms with E-state index in [-0.39, 0.29) is 0 Å².